The zero-order valence-electron chi connectivity index (χ0n) is 11.0. The molecule has 0 fully saturated rings. The van der Waals surface area contributed by atoms with Crippen LogP contribution in [0.1, 0.15) is 44.4 Å². The first-order chi connectivity index (χ1) is 8.36. The first-order valence-electron chi connectivity index (χ1n) is 6.15. The highest BCUT2D eigenvalue weighted by Crippen LogP contribution is 2.29. The van der Waals surface area contributed by atoms with Crippen LogP contribution in [0, 0.1) is 6.92 Å². The molecule has 1 rings (SSSR count). The standard InChI is InChI=1S/C12H20BrNO2S2/c1-4-5-6-7-9(2)14-18(15,16)11-8-12(13)17-10(11)3/h8-9,14H,4-7H2,1-3H3. The Morgan fingerprint density at radius 2 is 2.11 bits per heavy atom. The lowest BCUT2D eigenvalue weighted by atomic mass is 10.1. The summed E-state index contributed by atoms with van der Waals surface area (Å²) >= 11 is 4.76. The Morgan fingerprint density at radius 3 is 2.61 bits per heavy atom. The lowest BCUT2D eigenvalue weighted by Crippen LogP contribution is -2.32. The number of aryl methyl sites for hydroxylation is 1. The van der Waals surface area contributed by atoms with Gasteiger partial charge in [0.05, 0.1) is 8.68 Å². The molecule has 3 nitrogen and oxygen atoms in total. The molecule has 0 saturated heterocycles. The molecule has 1 aromatic heterocycles. The van der Waals surface area contributed by atoms with Crippen LogP contribution in [0.2, 0.25) is 0 Å². The Morgan fingerprint density at radius 1 is 1.44 bits per heavy atom. The highest BCUT2D eigenvalue weighted by molar-refractivity contribution is 9.11. The van der Waals surface area contributed by atoms with Crippen LogP contribution < -0.4 is 4.72 Å². The van der Waals surface area contributed by atoms with Crippen molar-refractivity contribution in [1.29, 1.82) is 0 Å². The van der Waals surface area contributed by atoms with Crippen LogP contribution in [0.3, 0.4) is 0 Å². The van der Waals surface area contributed by atoms with Crippen LogP contribution in [-0.4, -0.2) is 14.5 Å². The summed E-state index contributed by atoms with van der Waals surface area (Å²) in [5.74, 6) is 0. The van der Waals surface area contributed by atoms with E-state index in [1.54, 1.807) is 6.07 Å². The fraction of sp³-hybridized carbons (Fsp3) is 0.667. The number of rotatable bonds is 7. The molecule has 1 N–H and O–H groups in total. The van der Waals surface area contributed by atoms with Crippen molar-refractivity contribution in [2.45, 2.75) is 57.4 Å². The maximum atomic E-state index is 12.2. The zero-order valence-corrected chi connectivity index (χ0v) is 14.2. The van der Waals surface area contributed by atoms with Gasteiger partial charge in [0, 0.05) is 10.9 Å². The van der Waals surface area contributed by atoms with Crippen molar-refractivity contribution in [1.82, 2.24) is 4.72 Å². The maximum absolute atomic E-state index is 12.2. The summed E-state index contributed by atoms with van der Waals surface area (Å²) in [7, 11) is -3.38. The minimum absolute atomic E-state index is 0.0142. The molecular formula is C12H20BrNO2S2. The van der Waals surface area contributed by atoms with E-state index in [4.69, 9.17) is 0 Å². The van der Waals surface area contributed by atoms with Gasteiger partial charge in [-0.1, -0.05) is 26.2 Å². The second-order valence-corrected chi connectivity index (χ2v) is 8.81. The van der Waals surface area contributed by atoms with E-state index in [-0.39, 0.29) is 6.04 Å². The summed E-state index contributed by atoms with van der Waals surface area (Å²) in [6.07, 6.45) is 4.25. The molecule has 0 aliphatic carbocycles. The lowest BCUT2D eigenvalue weighted by molar-refractivity contribution is 0.527. The van der Waals surface area contributed by atoms with Gasteiger partial charge in [-0.2, -0.15) is 0 Å². The van der Waals surface area contributed by atoms with E-state index in [2.05, 4.69) is 27.6 Å². The molecule has 1 heterocycles. The molecule has 6 heteroatoms. The predicted octanol–water partition coefficient (Wildman–Crippen LogP) is 4.07. The summed E-state index contributed by atoms with van der Waals surface area (Å²) in [6, 6.07) is 1.65. The topological polar surface area (TPSA) is 46.2 Å². The zero-order chi connectivity index (χ0) is 13.8. The average Bonchev–Trinajstić information content (AvgIpc) is 2.58. The Hall–Kier alpha value is 0.0900. The van der Waals surface area contributed by atoms with E-state index < -0.39 is 10.0 Å². The predicted molar refractivity (Wildman–Crippen MR) is 80.7 cm³/mol. The van der Waals surface area contributed by atoms with Crippen LogP contribution in [-0.2, 0) is 10.0 Å². The number of halogens is 1. The van der Waals surface area contributed by atoms with Crippen molar-refractivity contribution < 1.29 is 8.42 Å². The first-order valence-corrected chi connectivity index (χ1v) is 9.24. The number of nitrogens with one attached hydrogen (secondary N) is 1. The molecule has 0 aliphatic rings. The number of sulfonamides is 1. The third-order valence-corrected chi connectivity index (χ3v) is 6.13. The minimum Gasteiger partial charge on any atom is -0.208 e. The molecule has 104 valence electrons. The fourth-order valence-corrected chi connectivity index (χ4v) is 5.48. The molecule has 0 spiro atoms. The van der Waals surface area contributed by atoms with Gasteiger partial charge in [0.25, 0.3) is 0 Å². The largest absolute Gasteiger partial charge is 0.241 e. The molecular weight excluding hydrogens is 334 g/mol. The van der Waals surface area contributed by atoms with Crippen molar-refractivity contribution in [3.05, 3.63) is 14.7 Å². The molecule has 0 bridgehead atoms. The smallest absolute Gasteiger partial charge is 0.208 e. The normalized spacial score (nSPS) is 13.8. The highest BCUT2D eigenvalue weighted by atomic mass is 79.9. The van der Waals surface area contributed by atoms with Crippen molar-refractivity contribution in [3.8, 4) is 0 Å². The molecule has 0 aromatic carbocycles. The Bertz CT molecular complexity index is 482. The molecule has 1 atom stereocenters. The van der Waals surface area contributed by atoms with Crippen LogP contribution in [0.4, 0.5) is 0 Å². The van der Waals surface area contributed by atoms with Gasteiger partial charge in [-0.15, -0.1) is 11.3 Å². The van der Waals surface area contributed by atoms with Gasteiger partial charge in [-0.3, -0.25) is 0 Å². The van der Waals surface area contributed by atoms with E-state index in [9.17, 15) is 8.42 Å². The van der Waals surface area contributed by atoms with Gasteiger partial charge < -0.3 is 0 Å². The summed E-state index contributed by atoms with van der Waals surface area (Å²) in [5, 5.41) is 0. The molecule has 0 amide bonds. The molecule has 0 aliphatic heterocycles. The van der Waals surface area contributed by atoms with E-state index in [0.717, 1.165) is 34.3 Å². The van der Waals surface area contributed by atoms with E-state index in [0.29, 0.717) is 4.90 Å². The van der Waals surface area contributed by atoms with E-state index >= 15 is 0 Å². The summed E-state index contributed by atoms with van der Waals surface area (Å²) in [6.45, 7) is 5.89. The average molecular weight is 354 g/mol. The number of thiophene rings is 1. The minimum atomic E-state index is -3.38. The quantitative estimate of drug-likeness (QED) is 0.751. The Labute approximate surface area is 122 Å². The highest BCUT2D eigenvalue weighted by Gasteiger charge is 2.21. The Kier molecular flexibility index (Phi) is 6.30. The first kappa shape index (κ1) is 16.1. The number of hydrogen-bond donors (Lipinski definition) is 1. The SMILES string of the molecule is CCCCCC(C)NS(=O)(=O)c1cc(Br)sc1C. The molecule has 1 aromatic rings. The summed E-state index contributed by atoms with van der Waals surface area (Å²) < 4.78 is 28.0. The van der Waals surface area contributed by atoms with Crippen LogP contribution in [0.25, 0.3) is 0 Å². The maximum Gasteiger partial charge on any atom is 0.241 e. The fourth-order valence-electron chi connectivity index (χ4n) is 1.79. The molecule has 1 unspecified atom stereocenters. The monoisotopic (exact) mass is 353 g/mol. The second-order valence-electron chi connectivity index (χ2n) is 4.49. The van der Waals surface area contributed by atoms with Gasteiger partial charge in [0.2, 0.25) is 10.0 Å². The third-order valence-electron chi connectivity index (χ3n) is 2.73. The van der Waals surface area contributed by atoms with Crippen LogP contribution >= 0.6 is 27.3 Å². The molecule has 18 heavy (non-hydrogen) atoms. The Balaban J connectivity index is 2.67. The molecule has 0 radical (unpaired) electrons. The van der Waals surface area contributed by atoms with Crippen molar-refractivity contribution >= 4 is 37.3 Å². The van der Waals surface area contributed by atoms with Crippen molar-refractivity contribution in [2.75, 3.05) is 0 Å². The summed E-state index contributed by atoms with van der Waals surface area (Å²) in [4.78, 5) is 1.21. The van der Waals surface area contributed by atoms with Crippen molar-refractivity contribution in [2.24, 2.45) is 0 Å². The lowest BCUT2D eigenvalue weighted by Gasteiger charge is -2.13. The molecule has 0 saturated carbocycles. The van der Waals surface area contributed by atoms with Crippen LogP contribution in [0.5, 0.6) is 0 Å². The second kappa shape index (κ2) is 7.03. The summed E-state index contributed by atoms with van der Waals surface area (Å²) in [5.41, 5.74) is 0. The van der Waals surface area contributed by atoms with Gasteiger partial charge in [-0.05, 0) is 42.3 Å². The van der Waals surface area contributed by atoms with Gasteiger partial charge in [-0.25, -0.2) is 13.1 Å². The van der Waals surface area contributed by atoms with Gasteiger partial charge in [0.15, 0.2) is 0 Å². The number of hydrogen-bond acceptors (Lipinski definition) is 3. The third kappa shape index (κ3) is 4.64. The van der Waals surface area contributed by atoms with Crippen LogP contribution in [0.15, 0.2) is 14.7 Å². The van der Waals surface area contributed by atoms with Crippen molar-refractivity contribution in [3.63, 3.8) is 0 Å². The van der Waals surface area contributed by atoms with E-state index in [1.165, 1.54) is 11.3 Å². The van der Waals surface area contributed by atoms with Gasteiger partial charge in [0.1, 0.15) is 0 Å². The number of unbranched alkanes of at least 4 members (excludes halogenated alkanes) is 2. The van der Waals surface area contributed by atoms with Gasteiger partial charge >= 0.3 is 0 Å². The van der Waals surface area contributed by atoms with E-state index in [1.807, 2.05) is 13.8 Å².